The first kappa shape index (κ1) is 24.1. The van der Waals surface area contributed by atoms with Crippen molar-refractivity contribution in [1.82, 2.24) is 14.8 Å². The zero-order valence-corrected chi connectivity index (χ0v) is 20.0. The van der Waals surface area contributed by atoms with Crippen molar-refractivity contribution in [2.45, 2.75) is 13.5 Å². The van der Waals surface area contributed by atoms with Gasteiger partial charge in [-0.1, -0.05) is 12.1 Å². The number of carbonyl (C=O) groups excluding carboxylic acids is 2. The van der Waals surface area contributed by atoms with Crippen molar-refractivity contribution < 1.29 is 23.8 Å². The predicted octanol–water partition coefficient (Wildman–Crippen LogP) is 3.67. The number of rotatable bonds is 8. The summed E-state index contributed by atoms with van der Waals surface area (Å²) < 4.78 is 16.9. The average Bonchev–Trinajstić information content (AvgIpc) is 2.92. The van der Waals surface area contributed by atoms with Crippen molar-refractivity contribution in [1.29, 1.82) is 0 Å². The average molecular weight is 476 g/mol. The minimum atomic E-state index is -0.0989. The van der Waals surface area contributed by atoms with E-state index < -0.39 is 0 Å². The van der Waals surface area contributed by atoms with E-state index >= 15 is 0 Å². The second-order valence-corrected chi connectivity index (χ2v) is 8.06. The first-order valence-corrected chi connectivity index (χ1v) is 11.6. The first-order chi connectivity index (χ1) is 17.1. The summed E-state index contributed by atoms with van der Waals surface area (Å²) in [7, 11) is 1.57. The van der Waals surface area contributed by atoms with Crippen molar-refractivity contribution in [3.63, 3.8) is 0 Å². The molecule has 2 heterocycles. The second-order valence-electron chi connectivity index (χ2n) is 8.06. The molecule has 8 heteroatoms. The second kappa shape index (κ2) is 11.4. The largest absolute Gasteiger partial charge is 0.497 e. The highest BCUT2D eigenvalue weighted by Gasteiger charge is 2.26. The Hall–Kier alpha value is -4.07. The summed E-state index contributed by atoms with van der Waals surface area (Å²) >= 11 is 0. The van der Waals surface area contributed by atoms with Crippen LogP contribution in [0.4, 0.5) is 0 Å². The van der Waals surface area contributed by atoms with Crippen molar-refractivity contribution >= 4 is 11.8 Å². The molecule has 0 N–H and O–H groups in total. The van der Waals surface area contributed by atoms with Gasteiger partial charge in [-0.2, -0.15) is 0 Å². The van der Waals surface area contributed by atoms with Gasteiger partial charge in [0.2, 0.25) is 0 Å². The highest BCUT2D eigenvalue weighted by Crippen LogP contribution is 2.30. The number of hydrogen-bond donors (Lipinski definition) is 0. The van der Waals surface area contributed by atoms with Crippen LogP contribution in [0.5, 0.6) is 17.2 Å². The Balaban J connectivity index is 1.39. The minimum absolute atomic E-state index is 0.0650. The Labute approximate surface area is 205 Å². The third-order valence-electron chi connectivity index (χ3n) is 5.78. The molecule has 0 radical (unpaired) electrons. The summed E-state index contributed by atoms with van der Waals surface area (Å²) in [6.45, 7) is 4.53. The van der Waals surface area contributed by atoms with Gasteiger partial charge in [0.1, 0.15) is 12.4 Å². The molecule has 3 aromatic rings. The fourth-order valence-corrected chi connectivity index (χ4v) is 3.91. The molecule has 1 aromatic heterocycles. The zero-order chi connectivity index (χ0) is 24.6. The topological polar surface area (TPSA) is 81.2 Å². The molecule has 1 fully saturated rings. The number of piperazine rings is 1. The highest BCUT2D eigenvalue weighted by molar-refractivity contribution is 5.96. The zero-order valence-electron chi connectivity index (χ0n) is 20.0. The van der Waals surface area contributed by atoms with Crippen LogP contribution in [0.3, 0.4) is 0 Å². The minimum Gasteiger partial charge on any atom is -0.497 e. The van der Waals surface area contributed by atoms with Crippen LogP contribution in [0.2, 0.25) is 0 Å². The lowest BCUT2D eigenvalue weighted by Gasteiger charge is -2.35. The van der Waals surface area contributed by atoms with Gasteiger partial charge in [-0.3, -0.25) is 14.6 Å². The van der Waals surface area contributed by atoms with E-state index in [1.807, 2.05) is 19.1 Å². The lowest BCUT2D eigenvalue weighted by Crippen LogP contribution is -2.50. The Kier molecular flexibility index (Phi) is 7.82. The van der Waals surface area contributed by atoms with E-state index in [4.69, 9.17) is 14.2 Å². The van der Waals surface area contributed by atoms with E-state index in [-0.39, 0.29) is 11.8 Å². The van der Waals surface area contributed by atoms with Crippen LogP contribution in [-0.2, 0) is 6.61 Å². The van der Waals surface area contributed by atoms with Crippen LogP contribution in [-0.4, -0.2) is 66.5 Å². The SMILES string of the molecule is CCOc1cc(C(=O)N2CCN(C(=O)c3cccc(OC)c3)CC2)ccc1OCc1cccnc1. The monoisotopic (exact) mass is 475 g/mol. The molecule has 0 saturated carbocycles. The van der Waals surface area contributed by atoms with Gasteiger partial charge in [-0.05, 0) is 49.4 Å². The molecule has 2 amide bonds. The van der Waals surface area contributed by atoms with Gasteiger partial charge >= 0.3 is 0 Å². The molecule has 0 atom stereocenters. The third kappa shape index (κ3) is 5.90. The van der Waals surface area contributed by atoms with Crippen LogP contribution in [0.15, 0.2) is 67.0 Å². The van der Waals surface area contributed by atoms with Crippen molar-refractivity contribution in [3.05, 3.63) is 83.7 Å². The Morgan fingerprint density at radius 1 is 0.857 bits per heavy atom. The molecule has 35 heavy (non-hydrogen) atoms. The summed E-state index contributed by atoms with van der Waals surface area (Å²) in [5.74, 6) is 1.57. The van der Waals surface area contributed by atoms with Gasteiger partial charge in [0.25, 0.3) is 11.8 Å². The van der Waals surface area contributed by atoms with Crippen LogP contribution in [0, 0.1) is 0 Å². The molecule has 1 aliphatic rings. The number of ether oxygens (including phenoxy) is 3. The van der Waals surface area contributed by atoms with Crippen molar-refractivity contribution in [2.24, 2.45) is 0 Å². The van der Waals surface area contributed by atoms with E-state index in [2.05, 4.69) is 4.98 Å². The van der Waals surface area contributed by atoms with Gasteiger partial charge in [0, 0.05) is 55.3 Å². The third-order valence-corrected chi connectivity index (χ3v) is 5.78. The molecule has 4 rings (SSSR count). The molecule has 0 bridgehead atoms. The van der Waals surface area contributed by atoms with E-state index in [9.17, 15) is 9.59 Å². The van der Waals surface area contributed by atoms with Crippen LogP contribution < -0.4 is 14.2 Å². The normalized spacial score (nSPS) is 13.3. The summed E-state index contributed by atoms with van der Waals surface area (Å²) in [5.41, 5.74) is 2.04. The van der Waals surface area contributed by atoms with E-state index in [1.165, 1.54) is 0 Å². The molecule has 2 aromatic carbocycles. The highest BCUT2D eigenvalue weighted by atomic mass is 16.5. The lowest BCUT2D eigenvalue weighted by molar-refractivity contribution is 0.0535. The van der Waals surface area contributed by atoms with Gasteiger partial charge in [-0.25, -0.2) is 0 Å². The van der Waals surface area contributed by atoms with Crippen molar-refractivity contribution in [3.8, 4) is 17.2 Å². The number of aromatic nitrogens is 1. The molecule has 1 saturated heterocycles. The smallest absolute Gasteiger partial charge is 0.254 e. The molecular weight excluding hydrogens is 446 g/mol. The van der Waals surface area contributed by atoms with E-state index in [1.54, 1.807) is 71.8 Å². The number of nitrogens with zero attached hydrogens (tertiary/aromatic N) is 3. The molecule has 8 nitrogen and oxygen atoms in total. The number of amides is 2. The van der Waals surface area contributed by atoms with Gasteiger partial charge in [0.15, 0.2) is 11.5 Å². The van der Waals surface area contributed by atoms with Gasteiger partial charge < -0.3 is 24.0 Å². The molecule has 0 aliphatic carbocycles. The van der Waals surface area contributed by atoms with Gasteiger partial charge in [0.05, 0.1) is 13.7 Å². The fourth-order valence-electron chi connectivity index (χ4n) is 3.91. The van der Waals surface area contributed by atoms with Crippen LogP contribution in [0.1, 0.15) is 33.2 Å². The lowest BCUT2D eigenvalue weighted by atomic mass is 10.1. The number of methoxy groups -OCH3 is 1. The molecule has 1 aliphatic heterocycles. The number of carbonyl (C=O) groups is 2. The summed E-state index contributed by atoms with van der Waals surface area (Å²) in [6, 6.07) is 16.1. The first-order valence-electron chi connectivity index (χ1n) is 11.6. The molecule has 0 spiro atoms. The quantitative estimate of drug-likeness (QED) is 0.495. The fraction of sp³-hybridized carbons (Fsp3) is 0.296. The van der Waals surface area contributed by atoms with Crippen molar-refractivity contribution in [2.75, 3.05) is 39.9 Å². The Morgan fingerprint density at radius 3 is 2.20 bits per heavy atom. The predicted molar refractivity (Wildman–Crippen MR) is 131 cm³/mol. The maximum Gasteiger partial charge on any atom is 0.254 e. The van der Waals surface area contributed by atoms with Crippen LogP contribution >= 0.6 is 0 Å². The molecule has 0 unspecified atom stereocenters. The molecular formula is C27H29N3O5. The summed E-state index contributed by atoms with van der Waals surface area (Å²) in [6.07, 6.45) is 3.46. The molecule has 182 valence electrons. The number of benzene rings is 2. The number of hydrogen-bond acceptors (Lipinski definition) is 6. The Bertz CT molecular complexity index is 1160. The summed E-state index contributed by atoms with van der Waals surface area (Å²) in [4.78, 5) is 33.7. The maximum absolute atomic E-state index is 13.2. The van der Waals surface area contributed by atoms with E-state index in [0.717, 1.165) is 5.56 Å². The maximum atomic E-state index is 13.2. The van der Waals surface area contributed by atoms with Crippen LogP contribution in [0.25, 0.3) is 0 Å². The Morgan fingerprint density at radius 2 is 1.57 bits per heavy atom. The summed E-state index contributed by atoms with van der Waals surface area (Å²) in [5, 5.41) is 0. The van der Waals surface area contributed by atoms with Gasteiger partial charge in [-0.15, -0.1) is 0 Å². The number of pyridine rings is 1. The van der Waals surface area contributed by atoms with E-state index in [0.29, 0.717) is 67.8 Å². The standard InChI is InChI=1S/C27H29N3O5/c1-3-34-25-17-22(9-10-24(25)35-19-20-6-5-11-28-18-20)27(32)30-14-12-29(13-15-30)26(31)21-7-4-8-23(16-21)33-2/h4-11,16-18H,3,12-15,19H2,1-2H3.